The number of aromatic carboxylic acids is 1. The molecule has 0 fully saturated rings. The Balaban J connectivity index is 1.68. The normalized spacial score (nSPS) is 11.3. The van der Waals surface area contributed by atoms with E-state index in [9.17, 15) is 14.7 Å². The Kier molecular flexibility index (Phi) is 3.49. The number of carbonyl (C=O) groups excluding carboxylic acids is 1. The number of hydrogen-bond acceptors (Lipinski definition) is 3. The van der Waals surface area contributed by atoms with E-state index in [2.05, 4.69) is 34.6 Å². The number of amides is 1. The average Bonchev–Trinajstić information content (AvgIpc) is 2.73. The number of benzene rings is 4. The lowest BCUT2D eigenvalue weighted by molar-refractivity contribution is 0.0691. The van der Waals surface area contributed by atoms with Gasteiger partial charge in [-0.25, -0.2) is 4.79 Å². The van der Waals surface area contributed by atoms with E-state index in [1.54, 1.807) is 0 Å². The monoisotopic (exact) mass is 366 g/mol. The molecule has 0 atom stereocenters. The van der Waals surface area contributed by atoms with Crippen molar-refractivity contribution in [3.63, 3.8) is 0 Å². The van der Waals surface area contributed by atoms with E-state index in [4.69, 9.17) is 0 Å². The highest BCUT2D eigenvalue weighted by Crippen LogP contribution is 2.37. The van der Waals surface area contributed by atoms with Crippen molar-refractivity contribution in [2.45, 2.75) is 0 Å². The second kappa shape index (κ2) is 6.03. The van der Waals surface area contributed by atoms with Crippen LogP contribution in [-0.2, 0) is 0 Å². The highest BCUT2D eigenvalue weighted by Gasteiger charge is 2.19. The molecule has 1 aromatic heterocycles. The fraction of sp³-hybridized carbons (Fsp3) is 0. The predicted molar refractivity (Wildman–Crippen MR) is 109 cm³/mol. The SMILES string of the molecule is O=C(O)c1cccnc1C(=O)Nc1ccc2ccc3cccc4ccc1c2c34. The summed E-state index contributed by atoms with van der Waals surface area (Å²) < 4.78 is 0. The van der Waals surface area contributed by atoms with Crippen LogP contribution in [0.3, 0.4) is 0 Å². The summed E-state index contributed by atoms with van der Waals surface area (Å²) >= 11 is 0. The molecule has 0 unspecified atom stereocenters. The summed E-state index contributed by atoms with van der Waals surface area (Å²) in [6, 6.07) is 21.0. The quantitative estimate of drug-likeness (QED) is 0.444. The van der Waals surface area contributed by atoms with Gasteiger partial charge in [0, 0.05) is 17.3 Å². The topological polar surface area (TPSA) is 79.3 Å². The van der Waals surface area contributed by atoms with Gasteiger partial charge in [0.1, 0.15) is 5.69 Å². The molecule has 4 aromatic carbocycles. The third kappa shape index (κ3) is 2.37. The van der Waals surface area contributed by atoms with Crippen LogP contribution in [0, 0.1) is 0 Å². The van der Waals surface area contributed by atoms with E-state index in [1.807, 2.05) is 30.3 Å². The van der Waals surface area contributed by atoms with Crippen LogP contribution >= 0.6 is 0 Å². The second-order valence-corrected chi connectivity index (χ2v) is 6.63. The number of nitrogens with one attached hydrogen (secondary N) is 1. The smallest absolute Gasteiger partial charge is 0.338 e. The largest absolute Gasteiger partial charge is 0.478 e. The summed E-state index contributed by atoms with van der Waals surface area (Å²) in [5.74, 6) is -1.73. The van der Waals surface area contributed by atoms with Gasteiger partial charge in [0.25, 0.3) is 5.91 Å². The standard InChI is InChI=1S/C23H14N2O3/c26-22(21-17(23(27)28)5-2-12-24-21)25-18-11-9-15-7-6-13-3-1-4-14-8-10-16(18)20(15)19(13)14/h1-12H,(H,25,26)(H,27,28). The van der Waals surface area contributed by atoms with Crippen molar-refractivity contribution in [2.24, 2.45) is 0 Å². The first kappa shape index (κ1) is 16.2. The Morgan fingerprint density at radius 2 is 1.46 bits per heavy atom. The molecule has 5 nitrogen and oxygen atoms in total. The van der Waals surface area contributed by atoms with Gasteiger partial charge in [0.05, 0.1) is 5.56 Å². The van der Waals surface area contributed by atoms with Crippen LogP contribution in [0.5, 0.6) is 0 Å². The molecule has 5 aromatic rings. The zero-order chi connectivity index (χ0) is 19.3. The molecule has 2 N–H and O–H groups in total. The maximum absolute atomic E-state index is 12.8. The van der Waals surface area contributed by atoms with Crippen LogP contribution in [0.2, 0.25) is 0 Å². The number of nitrogens with zero attached hydrogens (tertiary/aromatic N) is 1. The van der Waals surface area contributed by atoms with Gasteiger partial charge in [-0.2, -0.15) is 0 Å². The van der Waals surface area contributed by atoms with Crippen molar-refractivity contribution in [1.29, 1.82) is 0 Å². The molecule has 28 heavy (non-hydrogen) atoms. The first-order chi connectivity index (χ1) is 13.6. The summed E-state index contributed by atoms with van der Waals surface area (Å²) in [5, 5.41) is 18.7. The van der Waals surface area contributed by atoms with Gasteiger partial charge in [-0.3, -0.25) is 9.78 Å². The molecule has 0 saturated heterocycles. The Hall–Kier alpha value is -3.99. The van der Waals surface area contributed by atoms with Gasteiger partial charge in [0.15, 0.2) is 0 Å². The Morgan fingerprint density at radius 1 is 0.786 bits per heavy atom. The number of carboxylic acid groups (broad SMARTS) is 1. The van der Waals surface area contributed by atoms with Crippen molar-refractivity contribution in [3.05, 3.63) is 84.2 Å². The first-order valence-electron chi connectivity index (χ1n) is 8.80. The van der Waals surface area contributed by atoms with Gasteiger partial charge in [-0.05, 0) is 45.1 Å². The third-order valence-electron chi connectivity index (χ3n) is 5.03. The molecular formula is C23H14N2O3. The maximum Gasteiger partial charge on any atom is 0.338 e. The summed E-state index contributed by atoms with van der Waals surface area (Å²) in [6.07, 6.45) is 1.41. The number of rotatable bonds is 3. The molecule has 0 saturated carbocycles. The van der Waals surface area contributed by atoms with E-state index < -0.39 is 11.9 Å². The second-order valence-electron chi connectivity index (χ2n) is 6.63. The zero-order valence-corrected chi connectivity index (χ0v) is 14.6. The van der Waals surface area contributed by atoms with E-state index in [1.165, 1.54) is 18.3 Å². The lowest BCUT2D eigenvalue weighted by Gasteiger charge is -2.14. The Morgan fingerprint density at radius 3 is 2.21 bits per heavy atom. The Bertz CT molecular complexity index is 1380. The number of carboxylic acids is 1. The number of hydrogen-bond donors (Lipinski definition) is 2. The van der Waals surface area contributed by atoms with Crippen molar-refractivity contribution < 1.29 is 14.7 Å². The van der Waals surface area contributed by atoms with Crippen LogP contribution in [0.25, 0.3) is 32.3 Å². The maximum atomic E-state index is 12.8. The molecule has 1 amide bonds. The average molecular weight is 366 g/mol. The third-order valence-corrected chi connectivity index (χ3v) is 5.03. The van der Waals surface area contributed by atoms with E-state index >= 15 is 0 Å². The van der Waals surface area contributed by atoms with Crippen LogP contribution in [0.15, 0.2) is 72.9 Å². The lowest BCUT2D eigenvalue weighted by atomic mass is 9.93. The fourth-order valence-corrected chi connectivity index (χ4v) is 3.78. The number of pyridine rings is 1. The minimum atomic E-state index is -1.19. The molecule has 5 heteroatoms. The summed E-state index contributed by atoms with van der Waals surface area (Å²) in [7, 11) is 0. The lowest BCUT2D eigenvalue weighted by Crippen LogP contribution is -2.18. The molecule has 0 bridgehead atoms. The molecule has 0 radical (unpaired) electrons. The van der Waals surface area contributed by atoms with Crippen molar-refractivity contribution in [1.82, 2.24) is 4.98 Å². The minimum absolute atomic E-state index is 0.110. The highest BCUT2D eigenvalue weighted by atomic mass is 16.4. The summed E-state index contributed by atoms with van der Waals surface area (Å²) in [5.41, 5.74) is 0.385. The number of carbonyl (C=O) groups is 2. The molecule has 5 rings (SSSR count). The molecule has 0 aliphatic carbocycles. The van der Waals surface area contributed by atoms with Crippen molar-refractivity contribution in [3.8, 4) is 0 Å². The van der Waals surface area contributed by atoms with Crippen molar-refractivity contribution in [2.75, 3.05) is 5.32 Å². The summed E-state index contributed by atoms with van der Waals surface area (Å²) in [6.45, 7) is 0. The van der Waals surface area contributed by atoms with Gasteiger partial charge in [0.2, 0.25) is 0 Å². The molecule has 134 valence electrons. The molecule has 0 spiro atoms. The predicted octanol–water partition coefficient (Wildman–Crippen LogP) is 4.93. The van der Waals surface area contributed by atoms with E-state index in [0.717, 1.165) is 32.3 Å². The van der Waals surface area contributed by atoms with E-state index in [0.29, 0.717) is 5.69 Å². The van der Waals surface area contributed by atoms with Gasteiger partial charge >= 0.3 is 5.97 Å². The van der Waals surface area contributed by atoms with E-state index in [-0.39, 0.29) is 11.3 Å². The number of aromatic nitrogens is 1. The van der Waals surface area contributed by atoms with Crippen LogP contribution in [0.4, 0.5) is 5.69 Å². The minimum Gasteiger partial charge on any atom is -0.478 e. The zero-order valence-electron chi connectivity index (χ0n) is 14.6. The fourth-order valence-electron chi connectivity index (χ4n) is 3.78. The first-order valence-corrected chi connectivity index (χ1v) is 8.80. The molecular weight excluding hydrogens is 352 g/mol. The number of anilines is 1. The van der Waals surface area contributed by atoms with Crippen LogP contribution < -0.4 is 5.32 Å². The summed E-state index contributed by atoms with van der Waals surface area (Å²) in [4.78, 5) is 28.1. The molecule has 0 aliphatic rings. The Labute approximate surface area is 159 Å². The molecule has 0 aliphatic heterocycles. The van der Waals surface area contributed by atoms with Crippen LogP contribution in [-0.4, -0.2) is 22.0 Å². The molecule has 1 heterocycles. The van der Waals surface area contributed by atoms with Crippen LogP contribution in [0.1, 0.15) is 20.8 Å². The van der Waals surface area contributed by atoms with Crippen molar-refractivity contribution >= 4 is 49.9 Å². The van der Waals surface area contributed by atoms with Gasteiger partial charge in [-0.1, -0.05) is 48.5 Å². The van der Waals surface area contributed by atoms with Gasteiger partial charge < -0.3 is 10.4 Å². The highest BCUT2D eigenvalue weighted by molar-refractivity contribution is 6.26. The van der Waals surface area contributed by atoms with Gasteiger partial charge in [-0.15, -0.1) is 0 Å².